The number of amides is 1. The number of nitrogens with one attached hydrogen (secondary N) is 2. The third-order valence-electron chi connectivity index (χ3n) is 6.53. The third-order valence-corrected chi connectivity index (χ3v) is 6.53. The maximum Gasteiger partial charge on any atom is 0.255 e. The lowest BCUT2D eigenvalue weighted by atomic mass is 9.85. The normalized spacial score (nSPS) is 13.7. The minimum atomic E-state index is -0.692. The molecule has 10 nitrogen and oxygen atoms in total. The summed E-state index contributed by atoms with van der Waals surface area (Å²) in [6, 6.07) is 15.0. The molecule has 10 heteroatoms. The van der Waals surface area contributed by atoms with E-state index in [0.29, 0.717) is 47.3 Å². The van der Waals surface area contributed by atoms with Gasteiger partial charge >= 0.3 is 0 Å². The van der Waals surface area contributed by atoms with Gasteiger partial charge in [-0.25, -0.2) is 19.9 Å². The Morgan fingerprint density at radius 2 is 1.92 bits per heavy atom. The van der Waals surface area contributed by atoms with E-state index in [1.165, 1.54) is 6.33 Å². The smallest absolute Gasteiger partial charge is 0.255 e. The Labute approximate surface area is 220 Å². The summed E-state index contributed by atoms with van der Waals surface area (Å²) in [5.74, 6) is 0.897. The standard InChI is InChI=1S/C28H28N8O2/c1-18-7-8-21(33-26(37)19-5-4-6-20(13-19)28(2,3)16-29)14-22(18)34-25-24-23(31-17-32-25)15-30-27(35-24)36-9-11-38-12-10-36/h4-8,13-15,17H,9-12H2,1-3H3,(H,33,37)(H,31,32,34). The molecule has 0 saturated carbocycles. The molecule has 5 rings (SSSR count). The number of hydrogen-bond donors (Lipinski definition) is 2. The molecule has 1 aliphatic rings. The molecule has 2 N–H and O–H groups in total. The van der Waals surface area contributed by atoms with Gasteiger partial charge in [-0.15, -0.1) is 0 Å². The van der Waals surface area contributed by atoms with Gasteiger partial charge in [-0.05, 0) is 56.2 Å². The summed E-state index contributed by atoms with van der Waals surface area (Å²) < 4.78 is 5.44. The van der Waals surface area contributed by atoms with Gasteiger partial charge in [0.15, 0.2) is 5.82 Å². The number of hydrogen-bond acceptors (Lipinski definition) is 9. The van der Waals surface area contributed by atoms with E-state index in [9.17, 15) is 10.1 Å². The van der Waals surface area contributed by atoms with Gasteiger partial charge in [0.1, 0.15) is 17.4 Å². The number of benzene rings is 2. The number of fused-ring (bicyclic) bond motifs is 1. The van der Waals surface area contributed by atoms with E-state index in [1.54, 1.807) is 24.4 Å². The second-order valence-corrected chi connectivity index (χ2v) is 9.65. The number of ether oxygens (including phenoxy) is 1. The molecule has 1 amide bonds. The zero-order chi connectivity index (χ0) is 26.7. The number of carbonyl (C=O) groups is 1. The molecule has 4 aromatic rings. The summed E-state index contributed by atoms with van der Waals surface area (Å²) >= 11 is 0. The average Bonchev–Trinajstić information content (AvgIpc) is 2.95. The Hall–Kier alpha value is -4.62. The van der Waals surface area contributed by atoms with Gasteiger partial charge in [0.05, 0.1) is 30.9 Å². The molecule has 192 valence electrons. The predicted molar refractivity (Wildman–Crippen MR) is 146 cm³/mol. The minimum Gasteiger partial charge on any atom is -0.378 e. The van der Waals surface area contributed by atoms with Crippen molar-refractivity contribution in [2.75, 3.05) is 41.8 Å². The monoisotopic (exact) mass is 508 g/mol. The van der Waals surface area contributed by atoms with Gasteiger partial charge < -0.3 is 20.3 Å². The first-order valence-corrected chi connectivity index (χ1v) is 12.4. The van der Waals surface area contributed by atoms with E-state index in [4.69, 9.17) is 9.72 Å². The molecule has 2 aromatic heterocycles. The summed E-state index contributed by atoms with van der Waals surface area (Å²) in [5, 5.41) is 15.8. The summed E-state index contributed by atoms with van der Waals surface area (Å²) in [6.07, 6.45) is 3.17. The number of carbonyl (C=O) groups excluding carboxylic acids is 1. The van der Waals surface area contributed by atoms with Crippen molar-refractivity contribution < 1.29 is 9.53 Å². The second kappa shape index (κ2) is 10.4. The molecule has 3 heterocycles. The lowest BCUT2D eigenvalue weighted by Crippen LogP contribution is -2.37. The Kier molecular flexibility index (Phi) is 6.85. The van der Waals surface area contributed by atoms with Crippen molar-refractivity contribution in [1.29, 1.82) is 5.26 Å². The molecule has 0 atom stereocenters. The van der Waals surface area contributed by atoms with Crippen LogP contribution in [-0.2, 0) is 10.2 Å². The fourth-order valence-corrected chi connectivity index (χ4v) is 4.13. The minimum absolute atomic E-state index is 0.259. The Balaban J connectivity index is 1.40. The highest BCUT2D eigenvalue weighted by atomic mass is 16.5. The summed E-state index contributed by atoms with van der Waals surface area (Å²) in [5.41, 5.74) is 4.17. The van der Waals surface area contributed by atoms with Crippen molar-refractivity contribution in [3.63, 3.8) is 0 Å². The van der Waals surface area contributed by atoms with Crippen molar-refractivity contribution in [2.24, 2.45) is 0 Å². The fourth-order valence-electron chi connectivity index (χ4n) is 4.13. The highest BCUT2D eigenvalue weighted by Crippen LogP contribution is 2.28. The molecule has 0 spiro atoms. The molecule has 1 fully saturated rings. The van der Waals surface area contributed by atoms with Gasteiger partial charge in [0, 0.05) is 30.0 Å². The average molecular weight is 509 g/mol. The Bertz CT molecular complexity index is 1540. The zero-order valence-electron chi connectivity index (χ0n) is 21.5. The zero-order valence-corrected chi connectivity index (χ0v) is 21.5. The molecular weight excluding hydrogens is 480 g/mol. The molecule has 2 aromatic carbocycles. The lowest BCUT2D eigenvalue weighted by Gasteiger charge is -2.26. The van der Waals surface area contributed by atoms with Crippen LogP contribution in [0.25, 0.3) is 11.0 Å². The molecule has 0 radical (unpaired) electrons. The molecular formula is C28H28N8O2. The quantitative estimate of drug-likeness (QED) is 0.390. The molecule has 0 bridgehead atoms. The first-order chi connectivity index (χ1) is 18.3. The van der Waals surface area contributed by atoms with Crippen LogP contribution in [0.4, 0.5) is 23.1 Å². The van der Waals surface area contributed by atoms with Crippen molar-refractivity contribution >= 4 is 40.1 Å². The number of anilines is 4. The van der Waals surface area contributed by atoms with Gasteiger partial charge in [-0.3, -0.25) is 4.79 Å². The van der Waals surface area contributed by atoms with Crippen LogP contribution in [0.3, 0.4) is 0 Å². The largest absolute Gasteiger partial charge is 0.378 e. The van der Waals surface area contributed by atoms with E-state index in [1.807, 2.05) is 45.0 Å². The van der Waals surface area contributed by atoms with Crippen molar-refractivity contribution in [3.05, 3.63) is 71.7 Å². The third kappa shape index (κ3) is 5.23. The molecule has 0 unspecified atom stereocenters. The first kappa shape index (κ1) is 25.0. The van der Waals surface area contributed by atoms with E-state index in [2.05, 4.69) is 36.6 Å². The van der Waals surface area contributed by atoms with E-state index < -0.39 is 5.41 Å². The Morgan fingerprint density at radius 3 is 2.71 bits per heavy atom. The molecule has 1 aliphatic heterocycles. The van der Waals surface area contributed by atoms with Gasteiger partial charge in [-0.2, -0.15) is 5.26 Å². The number of nitriles is 1. The maximum absolute atomic E-state index is 13.0. The van der Waals surface area contributed by atoms with Crippen LogP contribution in [-0.4, -0.2) is 52.1 Å². The van der Waals surface area contributed by atoms with Crippen LogP contribution in [0.5, 0.6) is 0 Å². The van der Waals surface area contributed by atoms with E-state index in [0.717, 1.165) is 29.9 Å². The number of rotatable bonds is 6. The van der Waals surface area contributed by atoms with Crippen LogP contribution in [0.15, 0.2) is 55.0 Å². The number of aromatic nitrogens is 4. The number of nitrogens with zero attached hydrogens (tertiary/aromatic N) is 6. The molecule has 0 aliphatic carbocycles. The summed E-state index contributed by atoms with van der Waals surface area (Å²) in [4.78, 5) is 33.1. The van der Waals surface area contributed by atoms with Crippen LogP contribution in [0, 0.1) is 18.3 Å². The lowest BCUT2D eigenvalue weighted by molar-refractivity contribution is 0.102. The fraction of sp³-hybridized carbons (Fsp3) is 0.286. The van der Waals surface area contributed by atoms with Crippen LogP contribution < -0.4 is 15.5 Å². The molecule has 38 heavy (non-hydrogen) atoms. The summed E-state index contributed by atoms with van der Waals surface area (Å²) in [7, 11) is 0. The topological polar surface area (TPSA) is 129 Å². The van der Waals surface area contributed by atoms with Gasteiger partial charge in [-0.1, -0.05) is 18.2 Å². The molecule has 1 saturated heterocycles. The van der Waals surface area contributed by atoms with Crippen LogP contribution >= 0.6 is 0 Å². The highest BCUT2D eigenvalue weighted by Gasteiger charge is 2.21. The number of aryl methyl sites for hydroxylation is 1. The second-order valence-electron chi connectivity index (χ2n) is 9.65. The van der Waals surface area contributed by atoms with E-state index in [-0.39, 0.29) is 5.91 Å². The number of morpholine rings is 1. The van der Waals surface area contributed by atoms with Crippen molar-refractivity contribution in [1.82, 2.24) is 19.9 Å². The summed E-state index contributed by atoms with van der Waals surface area (Å²) in [6.45, 7) is 8.34. The van der Waals surface area contributed by atoms with Crippen molar-refractivity contribution in [2.45, 2.75) is 26.2 Å². The van der Waals surface area contributed by atoms with Gasteiger partial charge in [0.25, 0.3) is 5.91 Å². The first-order valence-electron chi connectivity index (χ1n) is 12.4. The highest BCUT2D eigenvalue weighted by molar-refractivity contribution is 6.04. The SMILES string of the molecule is Cc1ccc(NC(=O)c2cccc(C(C)(C)C#N)c2)cc1Nc1ncnc2cnc(N3CCOCC3)nc12. The maximum atomic E-state index is 13.0. The predicted octanol–water partition coefficient (Wildman–Crippen LogP) is 4.36. The Morgan fingerprint density at radius 1 is 1.11 bits per heavy atom. The van der Waals surface area contributed by atoms with Crippen LogP contribution in [0.2, 0.25) is 0 Å². The van der Waals surface area contributed by atoms with Crippen LogP contribution in [0.1, 0.15) is 35.3 Å². The van der Waals surface area contributed by atoms with Crippen molar-refractivity contribution in [3.8, 4) is 6.07 Å². The van der Waals surface area contributed by atoms with Gasteiger partial charge in [0.2, 0.25) is 5.95 Å². The van der Waals surface area contributed by atoms with E-state index >= 15 is 0 Å².